The van der Waals surface area contributed by atoms with Gasteiger partial charge in [0.25, 0.3) is 0 Å². The van der Waals surface area contributed by atoms with Crippen LogP contribution in [0.25, 0.3) is 0 Å². The number of nitrogens with zero attached hydrogens (tertiary/aromatic N) is 1. The summed E-state index contributed by atoms with van der Waals surface area (Å²) in [5.41, 5.74) is 0. The molecule has 0 radical (unpaired) electrons. The van der Waals surface area contributed by atoms with Gasteiger partial charge in [-0.15, -0.1) is 6.42 Å². The smallest absolute Gasteiger partial charge is 0.222 e. The van der Waals surface area contributed by atoms with Crippen molar-refractivity contribution in [1.29, 1.82) is 0 Å². The Labute approximate surface area is 166 Å². The van der Waals surface area contributed by atoms with Crippen molar-refractivity contribution in [2.24, 2.45) is 0 Å². The van der Waals surface area contributed by atoms with Crippen molar-refractivity contribution >= 4 is 5.91 Å². The molecule has 2 fully saturated rings. The Morgan fingerprint density at radius 3 is 2.10 bits per heavy atom. The van der Waals surface area contributed by atoms with Crippen molar-refractivity contribution in [3.8, 4) is 12.3 Å². The lowest BCUT2D eigenvalue weighted by molar-refractivity contribution is -0.347. The molecule has 0 aromatic rings. The Hall–Kier alpha value is -1.37. The first-order chi connectivity index (χ1) is 13.7. The molecular formula is C17H27NO11. The zero-order valence-corrected chi connectivity index (χ0v) is 15.7. The number of hydrogen-bond acceptors (Lipinski definition) is 11. The maximum atomic E-state index is 11.8. The molecular weight excluding hydrogens is 394 g/mol. The molecule has 2 aliphatic rings. The highest BCUT2D eigenvalue weighted by Crippen LogP contribution is 2.30. The molecule has 12 nitrogen and oxygen atoms in total. The molecule has 0 aliphatic carbocycles. The average molecular weight is 421 g/mol. The first kappa shape index (κ1) is 23.9. The topological polar surface area (TPSA) is 190 Å². The largest absolute Gasteiger partial charge is 0.394 e. The van der Waals surface area contributed by atoms with E-state index in [0.29, 0.717) is 0 Å². The van der Waals surface area contributed by atoms with Gasteiger partial charge in [-0.2, -0.15) is 0 Å². The Morgan fingerprint density at radius 2 is 1.59 bits per heavy atom. The van der Waals surface area contributed by atoms with Crippen molar-refractivity contribution in [2.75, 3.05) is 19.8 Å². The normalized spacial score (nSPS) is 42.9. The minimum absolute atomic E-state index is 0.222. The number of hydrogen-bond donors (Lipinski definition) is 7. The standard InChI is InChI=1S/C17H27NO11/c1-3-4-18(7(2)21)16-13(25)12(24)15(9(6-20)27-16)29-17-14(26)11(23)10(22)8(5-19)28-17/h1,8-17,19-20,22-26H,4-6H2,2H3/t8-,9-,10+,11+,12-,13-,14-,15-,16-,17+/m1/s1. The first-order valence-corrected chi connectivity index (χ1v) is 8.97. The molecule has 0 aromatic carbocycles. The summed E-state index contributed by atoms with van der Waals surface area (Å²) < 4.78 is 16.2. The highest BCUT2D eigenvalue weighted by atomic mass is 16.7. The Bertz CT molecular complexity index is 594. The van der Waals surface area contributed by atoms with Crippen molar-refractivity contribution in [2.45, 2.75) is 68.3 Å². The van der Waals surface area contributed by atoms with Crippen LogP contribution in [0.1, 0.15) is 6.92 Å². The fourth-order valence-electron chi connectivity index (χ4n) is 3.31. The van der Waals surface area contributed by atoms with E-state index in [0.717, 1.165) is 4.90 Å². The molecule has 2 rings (SSSR count). The Balaban J connectivity index is 2.19. The number of carbonyl (C=O) groups is 1. The van der Waals surface area contributed by atoms with Crippen LogP contribution in [0.2, 0.25) is 0 Å². The summed E-state index contributed by atoms with van der Waals surface area (Å²) in [7, 11) is 0. The van der Waals surface area contributed by atoms with Gasteiger partial charge in [-0.05, 0) is 0 Å². The molecule has 0 unspecified atom stereocenters. The number of ether oxygens (including phenoxy) is 3. The minimum atomic E-state index is -1.76. The number of aliphatic hydroxyl groups is 7. The van der Waals surface area contributed by atoms with Crippen molar-refractivity contribution in [3.05, 3.63) is 0 Å². The molecule has 0 saturated carbocycles. The van der Waals surface area contributed by atoms with Crippen LogP contribution in [0.4, 0.5) is 0 Å². The summed E-state index contributed by atoms with van der Waals surface area (Å²) in [6.45, 7) is -0.434. The second-order valence-electron chi connectivity index (χ2n) is 6.88. The number of amides is 1. The van der Waals surface area contributed by atoms with Gasteiger partial charge in [0, 0.05) is 6.92 Å². The maximum Gasteiger partial charge on any atom is 0.222 e. The lowest BCUT2D eigenvalue weighted by Crippen LogP contribution is -2.67. The van der Waals surface area contributed by atoms with Crippen LogP contribution < -0.4 is 0 Å². The summed E-state index contributed by atoms with van der Waals surface area (Å²) in [4.78, 5) is 12.8. The number of terminal acetylenes is 1. The fraction of sp³-hybridized carbons (Fsp3) is 0.824. The molecule has 0 bridgehead atoms. The monoisotopic (exact) mass is 421 g/mol. The van der Waals surface area contributed by atoms with E-state index < -0.39 is 80.5 Å². The van der Waals surface area contributed by atoms with Crippen molar-refractivity contribution in [3.63, 3.8) is 0 Å². The van der Waals surface area contributed by atoms with Crippen LogP contribution >= 0.6 is 0 Å². The molecule has 166 valence electrons. The second kappa shape index (κ2) is 10.1. The number of carbonyl (C=O) groups excluding carboxylic acids is 1. The summed E-state index contributed by atoms with van der Waals surface area (Å²) in [5.74, 6) is 1.69. The number of aliphatic hydroxyl groups excluding tert-OH is 7. The van der Waals surface area contributed by atoms with Gasteiger partial charge in [-0.1, -0.05) is 5.92 Å². The van der Waals surface area contributed by atoms with Gasteiger partial charge in [0.1, 0.15) is 48.8 Å². The minimum Gasteiger partial charge on any atom is -0.394 e. The molecule has 1 amide bonds. The molecule has 29 heavy (non-hydrogen) atoms. The van der Waals surface area contributed by atoms with Crippen LogP contribution in [0.3, 0.4) is 0 Å². The van der Waals surface area contributed by atoms with Gasteiger partial charge in [-0.25, -0.2) is 0 Å². The summed E-state index contributed by atoms with van der Waals surface area (Å²) >= 11 is 0. The molecule has 2 heterocycles. The van der Waals surface area contributed by atoms with E-state index in [1.165, 1.54) is 6.92 Å². The molecule has 12 heteroatoms. The number of rotatable bonds is 6. The zero-order chi connectivity index (χ0) is 21.9. The highest BCUT2D eigenvalue weighted by molar-refractivity contribution is 5.73. The van der Waals surface area contributed by atoms with Crippen LogP contribution in [-0.2, 0) is 19.0 Å². The molecule has 0 aromatic heterocycles. The van der Waals surface area contributed by atoms with E-state index in [4.69, 9.17) is 20.6 Å². The van der Waals surface area contributed by atoms with E-state index >= 15 is 0 Å². The lowest BCUT2D eigenvalue weighted by atomic mass is 9.96. The fourth-order valence-corrected chi connectivity index (χ4v) is 3.31. The first-order valence-electron chi connectivity index (χ1n) is 8.97. The lowest BCUT2D eigenvalue weighted by Gasteiger charge is -2.47. The van der Waals surface area contributed by atoms with E-state index in [1.54, 1.807) is 0 Å². The van der Waals surface area contributed by atoms with Crippen molar-refractivity contribution < 1.29 is 54.8 Å². The van der Waals surface area contributed by atoms with Crippen LogP contribution in [0, 0.1) is 12.3 Å². The van der Waals surface area contributed by atoms with Crippen molar-refractivity contribution in [1.82, 2.24) is 4.90 Å². The quantitative estimate of drug-likeness (QED) is 0.204. The SMILES string of the molecule is C#CCN(C(C)=O)[C@@H]1O[C@H](CO)[C@@H](O[C@@H]2O[C@H](CO)[C@H](O)[C@H](O)[C@H]2O)[C@H](O)[C@H]1O. The van der Waals surface area contributed by atoms with E-state index in [1.807, 2.05) is 0 Å². The highest BCUT2D eigenvalue weighted by Gasteiger charge is 2.51. The van der Waals surface area contributed by atoms with E-state index in [2.05, 4.69) is 5.92 Å². The van der Waals surface area contributed by atoms with Gasteiger partial charge in [-0.3, -0.25) is 4.79 Å². The Morgan fingerprint density at radius 1 is 0.966 bits per heavy atom. The van der Waals surface area contributed by atoms with Gasteiger partial charge >= 0.3 is 0 Å². The van der Waals surface area contributed by atoms with E-state index in [9.17, 15) is 40.5 Å². The van der Waals surface area contributed by atoms with Gasteiger partial charge < -0.3 is 54.9 Å². The van der Waals surface area contributed by atoms with Crippen LogP contribution in [0.15, 0.2) is 0 Å². The zero-order valence-electron chi connectivity index (χ0n) is 15.7. The third-order valence-electron chi connectivity index (χ3n) is 4.95. The second-order valence-corrected chi connectivity index (χ2v) is 6.88. The Kier molecular flexibility index (Phi) is 8.32. The summed E-state index contributed by atoms with van der Waals surface area (Å²) in [6, 6.07) is 0. The van der Waals surface area contributed by atoms with Crippen LogP contribution in [-0.4, -0.2) is 128 Å². The predicted octanol–water partition coefficient (Wildman–Crippen LogP) is -4.91. The van der Waals surface area contributed by atoms with Gasteiger partial charge in [0.2, 0.25) is 5.91 Å². The maximum absolute atomic E-state index is 11.8. The van der Waals surface area contributed by atoms with Gasteiger partial charge in [0.05, 0.1) is 19.8 Å². The molecule has 0 spiro atoms. The van der Waals surface area contributed by atoms with Gasteiger partial charge in [0.15, 0.2) is 12.5 Å². The predicted molar refractivity (Wildman–Crippen MR) is 92.6 cm³/mol. The summed E-state index contributed by atoms with van der Waals surface area (Å²) in [6.07, 6.45) is -10.3. The third kappa shape index (κ3) is 4.86. The molecule has 2 saturated heterocycles. The van der Waals surface area contributed by atoms with E-state index in [-0.39, 0.29) is 6.54 Å². The molecule has 7 N–H and O–H groups in total. The average Bonchev–Trinajstić information content (AvgIpc) is 2.70. The van der Waals surface area contributed by atoms with Crippen LogP contribution in [0.5, 0.6) is 0 Å². The third-order valence-corrected chi connectivity index (χ3v) is 4.95. The molecule has 2 aliphatic heterocycles. The summed E-state index contributed by atoms with van der Waals surface area (Å²) in [5, 5.41) is 69.6. The molecule has 10 atom stereocenters.